The summed E-state index contributed by atoms with van der Waals surface area (Å²) in [5, 5.41) is 0. The summed E-state index contributed by atoms with van der Waals surface area (Å²) in [6.07, 6.45) is 10.8. The highest BCUT2D eigenvalue weighted by molar-refractivity contribution is 5.68. The number of hydrogen-bond donors (Lipinski definition) is 0. The van der Waals surface area contributed by atoms with Crippen molar-refractivity contribution >= 4 is 6.09 Å². The highest BCUT2D eigenvalue weighted by atomic mass is 16.6. The second kappa shape index (κ2) is 11.0. The third-order valence-corrected chi connectivity index (χ3v) is 5.76. The molecule has 1 unspecified atom stereocenters. The summed E-state index contributed by atoms with van der Waals surface area (Å²) in [6.45, 7) is 12.1. The number of carbonyl (C=O) groups excluding carboxylic acids is 1. The molecule has 0 aromatic heterocycles. The molecule has 1 heterocycles. The highest BCUT2D eigenvalue weighted by Crippen LogP contribution is 2.24. The van der Waals surface area contributed by atoms with Gasteiger partial charge in [-0.15, -0.1) is 0 Å². The molecule has 0 aliphatic carbocycles. The molecule has 0 N–H and O–H groups in total. The molecular weight excluding hydrogens is 300 g/mol. The highest BCUT2D eigenvalue weighted by Gasteiger charge is 2.41. The smallest absolute Gasteiger partial charge is 0.410 e. The fourth-order valence-electron chi connectivity index (χ4n) is 3.92. The Balaban J connectivity index is 2.31. The lowest BCUT2D eigenvalue weighted by molar-refractivity contribution is -0.938. The summed E-state index contributed by atoms with van der Waals surface area (Å²) < 4.78 is 6.29. The van der Waals surface area contributed by atoms with Crippen LogP contribution < -0.4 is 0 Å². The lowest BCUT2D eigenvalue weighted by atomic mass is 10.0. The van der Waals surface area contributed by atoms with E-state index in [4.69, 9.17) is 4.74 Å². The van der Waals surface area contributed by atoms with Crippen LogP contribution in [0, 0.1) is 0 Å². The average molecular weight is 342 g/mol. The van der Waals surface area contributed by atoms with Gasteiger partial charge in [0.05, 0.1) is 39.3 Å². The first kappa shape index (κ1) is 21.3. The quantitative estimate of drug-likeness (QED) is 0.421. The van der Waals surface area contributed by atoms with E-state index in [0.29, 0.717) is 12.6 Å². The van der Waals surface area contributed by atoms with Crippen molar-refractivity contribution in [2.45, 2.75) is 91.1 Å². The normalized spacial score (nSPS) is 27.3. The van der Waals surface area contributed by atoms with Crippen LogP contribution in [0.15, 0.2) is 0 Å². The molecule has 0 radical (unpaired) electrons. The minimum absolute atomic E-state index is 0.143. The van der Waals surface area contributed by atoms with Crippen LogP contribution in [0.2, 0.25) is 0 Å². The van der Waals surface area contributed by atoms with Gasteiger partial charge in [-0.3, -0.25) is 4.90 Å². The van der Waals surface area contributed by atoms with Crippen molar-refractivity contribution in [1.82, 2.24) is 4.90 Å². The molecule has 1 aliphatic heterocycles. The summed E-state index contributed by atoms with van der Waals surface area (Å²) in [5.74, 6) is 0. The summed E-state index contributed by atoms with van der Waals surface area (Å²) in [6, 6.07) is 0.745. The van der Waals surface area contributed by atoms with Gasteiger partial charge in [0, 0.05) is 0 Å². The maximum absolute atomic E-state index is 12.1. The Morgan fingerprint density at radius 2 is 1.62 bits per heavy atom. The van der Waals surface area contributed by atoms with E-state index in [0.717, 1.165) is 17.6 Å². The largest absolute Gasteiger partial charge is 0.450 e. The van der Waals surface area contributed by atoms with Gasteiger partial charge < -0.3 is 9.22 Å². The average Bonchev–Trinajstić information content (AvgIpc) is 2.53. The predicted octanol–water partition coefficient (Wildman–Crippen LogP) is 4.82. The second-order valence-electron chi connectivity index (χ2n) is 7.91. The third kappa shape index (κ3) is 6.62. The molecular formula is C20H41N2O2+. The van der Waals surface area contributed by atoms with Gasteiger partial charge in [0.2, 0.25) is 0 Å². The molecule has 142 valence electrons. The molecule has 0 spiro atoms. The van der Waals surface area contributed by atoms with E-state index in [1.54, 1.807) is 0 Å². The van der Waals surface area contributed by atoms with Crippen LogP contribution in [0.3, 0.4) is 0 Å². The molecule has 1 rings (SSSR count). The fourth-order valence-corrected chi connectivity index (χ4v) is 3.92. The van der Waals surface area contributed by atoms with Crippen LogP contribution in [-0.4, -0.2) is 60.8 Å². The maximum Gasteiger partial charge on any atom is 0.410 e. The number of rotatable bonds is 10. The number of nitrogens with zero attached hydrogens (tertiary/aromatic N) is 2. The molecule has 4 nitrogen and oxygen atoms in total. The molecule has 0 saturated carbocycles. The zero-order valence-corrected chi connectivity index (χ0v) is 16.9. The zero-order valence-electron chi connectivity index (χ0n) is 16.9. The second-order valence-corrected chi connectivity index (χ2v) is 7.91. The zero-order chi connectivity index (χ0) is 18.0. The van der Waals surface area contributed by atoms with Crippen LogP contribution in [0.4, 0.5) is 4.79 Å². The number of quaternary nitrogens is 1. The standard InChI is InChI=1S/C20H41N2O2/c1-6-8-9-10-11-12-13-14-15-22(5)17-18(3)21(16-19(22)4)20(23)24-7-2/h18-19H,6-17H2,1-5H3/q+1/t18-,19+,22?/m1/s1. The number of ether oxygens (including phenoxy) is 1. The van der Waals surface area contributed by atoms with Crippen molar-refractivity contribution in [2.75, 3.05) is 33.3 Å². The first-order valence-corrected chi connectivity index (χ1v) is 10.2. The van der Waals surface area contributed by atoms with E-state index in [2.05, 4.69) is 27.8 Å². The summed E-state index contributed by atoms with van der Waals surface area (Å²) in [4.78, 5) is 14.0. The Bertz CT molecular complexity index is 362. The Labute approximate surface area is 150 Å². The van der Waals surface area contributed by atoms with Crippen molar-refractivity contribution in [3.8, 4) is 0 Å². The molecule has 1 fully saturated rings. The molecule has 0 aromatic carbocycles. The van der Waals surface area contributed by atoms with Gasteiger partial charge in [-0.25, -0.2) is 4.79 Å². The Hall–Kier alpha value is -0.770. The van der Waals surface area contributed by atoms with E-state index < -0.39 is 0 Å². The van der Waals surface area contributed by atoms with Crippen molar-refractivity contribution in [3.05, 3.63) is 0 Å². The molecule has 1 saturated heterocycles. The van der Waals surface area contributed by atoms with E-state index in [1.165, 1.54) is 57.9 Å². The van der Waals surface area contributed by atoms with E-state index in [9.17, 15) is 4.79 Å². The summed E-state index contributed by atoms with van der Waals surface area (Å²) in [5.41, 5.74) is 0. The molecule has 1 amide bonds. The Kier molecular flexibility index (Phi) is 9.72. The minimum Gasteiger partial charge on any atom is -0.450 e. The first-order valence-electron chi connectivity index (χ1n) is 10.2. The number of unbranched alkanes of at least 4 members (excludes halogenated alkanes) is 7. The number of carbonyl (C=O) groups is 1. The SMILES string of the molecule is CCCCCCCCCC[N+]1(C)C[C@@H](C)N(C(=O)OCC)C[C@@H]1C. The van der Waals surface area contributed by atoms with Gasteiger partial charge in [0.25, 0.3) is 0 Å². The fraction of sp³-hybridized carbons (Fsp3) is 0.950. The molecule has 1 aliphatic rings. The van der Waals surface area contributed by atoms with Gasteiger partial charge in [-0.2, -0.15) is 0 Å². The van der Waals surface area contributed by atoms with Crippen molar-refractivity contribution in [2.24, 2.45) is 0 Å². The van der Waals surface area contributed by atoms with Gasteiger partial charge in [0.1, 0.15) is 6.04 Å². The van der Waals surface area contributed by atoms with Crippen molar-refractivity contribution < 1.29 is 14.0 Å². The predicted molar refractivity (Wildman–Crippen MR) is 101 cm³/mol. The Morgan fingerprint density at radius 3 is 2.21 bits per heavy atom. The maximum atomic E-state index is 12.1. The third-order valence-electron chi connectivity index (χ3n) is 5.76. The van der Waals surface area contributed by atoms with Crippen LogP contribution in [0.1, 0.15) is 79.1 Å². The monoisotopic (exact) mass is 341 g/mol. The Morgan fingerprint density at radius 1 is 1.04 bits per heavy atom. The topological polar surface area (TPSA) is 29.5 Å². The van der Waals surface area contributed by atoms with E-state index >= 15 is 0 Å². The number of piperazine rings is 1. The van der Waals surface area contributed by atoms with Crippen molar-refractivity contribution in [3.63, 3.8) is 0 Å². The molecule has 4 heteroatoms. The molecule has 0 aromatic rings. The lowest BCUT2D eigenvalue weighted by Gasteiger charge is -2.49. The number of hydrogen-bond acceptors (Lipinski definition) is 2. The van der Waals surface area contributed by atoms with Crippen LogP contribution >= 0.6 is 0 Å². The van der Waals surface area contributed by atoms with Crippen molar-refractivity contribution in [1.29, 1.82) is 0 Å². The first-order chi connectivity index (χ1) is 11.4. The summed E-state index contributed by atoms with van der Waals surface area (Å²) in [7, 11) is 2.37. The van der Waals surface area contributed by atoms with E-state index in [1.807, 2.05) is 11.8 Å². The number of likely N-dealkylation sites (N-methyl/N-ethyl adjacent to an activating group) is 1. The van der Waals surface area contributed by atoms with Gasteiger partial charge in [-0.1, -0.05) is 45.4 Å². The molecule has 3 atom stereocenters. The van der Waals surface area contributed by atoms with Crippen LogP contribution in [-0.2, 0) is 4.74 Å². The van der Waals surface area contributed by atoms with Gasteiger partial charge in [0.15, 0.2) is 0 Å². The number of amides is 1. The van der Waals surface area contributed by atoms with Gasteiger partial charge >= 0.3 is 6.09 Å². The van der Waals surface area contributed by atoms with Crippen LogP contribution in [0.5, 0.6) is 0 Å². The molecule has 24 heavy (non-hydrogen) atoms. The lowest BCUT2D eigenvalue weighted by Crippen LogP contribution is -2.66. The van der Waals surface area contributed by atoms with E-state index in [-0.39, 0.29) is 12.1 Å². The van der Waals surface area contributed by atoms with Crippen LogP contribution in [0.25, 0.3) is 0 Å². The minimum atomic E-state index is -0.143. The van der Waals surface area contributed by atoms with Gasteiger partial charge in [-0.05, 0) is 33.6 Å². The molecule has 0 bridgehead atoms. The summed E-state index contributed by atoms with van der Waals surface area (Å²) >= 11 is 0.